The fourth-order valence-corrected chi connectivity index (χ4v) is 6.70. The Morgan fingerprint density at radius 1 is 0.500 bits per heavy atom. The lowest BCUT2D eigenvalue weighted by Gasteiger charge is -2.28. The molecule has 70 heavy (non-hydrogen) atoms. The van der Waals surface area contributed by atoms with E-state index in [1.165, 1.54) is 12.1 Å². The van der Waals surface area contributed by atoms with Crippen LogP contribution < -0.4 is 43.0 Å². The molecule has 7 amide bonds. The van der Waals surface area contributed by atoms with E-state index in [9.17, 15) is 72.4 Å². The maximum atomic E-state index is 14.0. The zero-order valence-electron chi connectivity index (χ0n) is 39.4. The van der Waals surface area contributed by atoms with Crippen molar-refractivity contribution in [3.05, 3.63) is 71.5 Å². The maximum Gasteiger partial charge on any atom is 0.326 e. The number of hydrogen-bond acceptors (Lipinski definition) is 12. The number of aliphatic carboxylic acids is 4. The van der Waals surface area contributed by atoms with Gasteiger partial charge in [-0.2, -0.15) is 0 Å². The number of nitrogens with two attached hydrogens (primary N) is 1. The summed E-state index contributed by atoms with van der Waals surface area (Å²) < 4.78 is 13.9. The average Bonchev–Trinajstić information content (AvgIpc) is 3.27. The van der Waals surface area contributed by atoms with Gasteiger partial charge in [0, 0.05) is 25.7 Å². The molecule has 0 unspecified atom stereocenters. The van der Waals surface area contributed by atoms with Crippen LogP contribution in [0.25, 0.3) is 0 Å². The smallest absolute Gasteiger partial charge is 0.326 e. The van der Waals surface area contributed by atoms with E-state index in [2.05, 4.69) is 37.2 Å². The Labute approximate surface area is 402 Å². The zero-order chi connectivity index (χ0) is 52.8. The average molecular weight is 987 g/mol. The molecule has 0 saturated heterocycles. The first kappa shape index (κ1) is 58.6. The van der Waals surface area contributed by atoms with Crippen molar-refractivity contribution in [2.45, 2.75) is 134 Å². The van der Waals surface area contributed by atoms with Crippen LogP contribution in [0.5, 0.6) is 0 Å². The van der Waals surface area contributed by atoms with Gasteiger partial charge in [0.15, 0.2) is 0 Å². The van der Waals surface area contributed by atoms with E-state index < -0.39 is 151 Å². The third-order valence-electron chi connectivity index (χ3n) is 10.5. The van der Waals surface area contributed by atoms with Gasteiger partial charge in [0.05, 0.1) is 12.5 Å². The van der Waals surface area contributed by atoms with Crippen molar-refractivity contribution >= 4 is 65.2 Å². The van der Waals surface area contributed by atoms with Crippen LogP contribution in [0.15, 0.2) is 54.6 Å². The number of benzene rings is 2. The van der Waals surface area contributed by atoms with E-state index in [4.69, 9.17) is 10.8 Å². The second-order valence-electron chi connectivity index (χ2n) is 17.3. The van der Waals surface area contributed by atoms with Crippen LogP contribution >= 0.6 is 0 Å². The van der Waals surface area contributed by atoms with E-state index in [0.29, 0.717) is 5.56 Å². The number of carboxylic acid groups (broad SMARTS) is 4. The molecule has 24 heteroatoms. The van der Waals surface area contributed by atoms with Gasteiger partial charge in [0.25, 0.3) is 0 Å². The van der Waals surface area contributed by atoms with Crippen molar-refractivity contribution in [3.63, 3.8) is 0 Å². The molecule has 0 aliphatic rings. The predicted octanol–water partition coefficient (Wildman–Crippen LogP) is -0.657. The highest BCUT2D eigenvalue weighted by atomic mass is 19.1. The molecule has 0 heterocycles. The summed E-state index contributed by atoms with van der Waals surface area (Å²) in [7, 11) is 0. The van der Waals surface area contributed by atoms with Gasteiger partial charge in [-0.25, -0.2) is 9.18 Å². The fraction of sp³-hybridized carbons (Fsp3) is 0.500. The molecule has 2 aromatic rings. The molecule has 0 radical (unpaired) electrons. The lowest BCUT2D eigenvalue weighted by Crippen LogP contribution is -2.61. The van der Waals surface area contributed by atoms with E-state index in [-0.39, 0.29) is 37.2 Å². The minimum Gasteiger partial charge on any atom is -0.481 e. The summed E-state index contributed by atoms with van der Waals surface area (Å²) in [5.41, 5.74) is 6.67. The Kier molecular flexibility index (Phi) is 24.1. The van der Waals surface area contributed by atoms with Crippen LogP contribution in [-0.4, -0.2) is 134 Å². The number of amides is 7. The SMILES string of the molecule is CC(C)C[C@H](NC(=O)[C@@H](NC(=O)[C@@H](N)CCC(=O)O)C(C)C)C(=O)N[C@@H](Cc1ccc(F)cc1)C(=O)N[C@@H](CC(=O)O)C(=O)N[C@@H](C)C(=O)N[C@@H](CCC(=O)O)C(=O)N[C@@H](Cc1ccccc1)C(=O)O. The van der Waals surface area contributed by atoms with E-state index in [1.54, 1.807) is 58.0 Å². The minimum absolute atomic E-state index is 0.0179. The number of rotatable bonds is 30. The highest BCUT2D eigenvalue weighted by molar-refractivity contribution is 5.98. The summed E-state index contributed by atoms with van der Waals surface area (Å²) in [4.78, 5) is 141. The second kappa shape index (κ2) is 28.7. The van der Waals surface area contributed by atoms with Crippen LogP contribution in [0, 0.1) is 17.7 Å². The highest BCUT2D eigenvalue weighted by Gasteiger charge is 2.35. The van der Waals surface area contributed by atoms with Crippen LogP contribution in [0.2, 0.25) is 0 Å². The van der Waals surface area contributed by atoms with Gasteiger partial charge in [0.1, 0.15) is 48.1 Å². The van der Waals surface area contributed by atoms with Crippen molar-refractivity contribution in [2.75, 3.05) is 0 Å². The van der Waals surface area contributed by atoms with E-state index in [1.807, 2.05) is 0 Å². The van der Waals surface area contributed by atoms with Crippen LogP contribution in [-0.2, 0) is 65.6 Å². The van der Waals surface area contributed by atoms with Crippen molar-refractivity contribution in [3.8, 4) is 0 Å². The number of carboxylic acids is 4. The molecule has 0 spiro atoms. The van der Waals surface area contributed by atoms with Crippen molar-refractivity contribution in [2.24, 2.45) is 17.6 Å². The standard InChI is InChI=1S/C46H63FN8O15/c1-23(2)19-31(53-45(68)38(24(3)4)55-40(63)29(48)15-17-35(56)57)43(66)51-32(20-27-11-13-28(47)14-12-27)44(67)52-33(22-37(60)61)42(65)49-25(5)39(62)50-30(16-18-36(58)59)41(64)54-34(46(69)70)21-26-9-7-6-8-10-26/h6-14,23-25,29-34,38H,15-22,48H2,1-5H3,(H,49,65)(H,50,62)(H,51,66)(H,52,67)(H,53,68)(H,54,64)(H,55,63)(H,56,57)(H,58,59)(H,60,61)(H,69,70)/t25-,29-,30-,31-,32-,33-,34-,38-/m0/s1. The van der Waals surface area contributed by atoms with Gasteiger partial charge < -0.3 is 63.4 Å². The molecule has 23 nitrogen and oxygen atoms in total. The summed E-state index contributed by atoms with van der Waals surface area (Å²) in [6, 6.07) is 0.786. The van der Waals surface area contributed by atoms with E-state index >= 15 is 0 Å². The Hall–Kier alpha value is -7.50. The molecule has 0 aliphatic carbocycles. The third kappa shape index (κ3) is 21.2. The molecule has 0 bridgehead atoms. The molecule has 0 aliphatic heterocycles. The molecule has 0 fully saturated rings. The molecule has 2 rings (SSSR count). The first-order chi connectivity index (χ1) is 32.8. The molecule has 0 saturated carbocycles. The molecule has 13 N–H and O–H groups in total. The molecular formula is C46H63FN8O15. The number of carbonyl (C=O) groups excluding carboxylic acids is 7. The van der Waals surface area contributed by atoms with Crippen LogP contribution in [0.3, 0.4) is 0 Å². The maximum absolute atomic E-state index is 14.0. The van der Waals surface area contributed by atoms with Gasteiger partial charge in [-0.3, -0.25) is 47.9 Å². The zero-order valence-corrected chi connectivity index (χ0v) is 39.4. The molecule has 0 aromatic heterocycles. The van der Waals surface area contributed by atoms with Crippen LogP contribution in [0.4, 0.5) is 4.39 Å². The number of halogens is 1. The monoisotopic (exact) mass is 986 g/mol. The Balaban J connectivity index is 2.36. The molecule has 2 aromatic carbocycles. The van der Waals surface area contributed by atoms with E-state index in [0.717, 1.165) is 19.1 Å². The Morgan fingerprint density at radius 3 is 1.51 bits per heavy atom. The Bertz CT molecular complexity index is 2180. The lowest BCUT2D eigenvalue weighted by atomic mass is 9.98. The predicted molar refractivity (Wildman–Crippen MR) is 245 cm³/mol. The third-order valence-corrected chi connectivity index (χ3v) is 10.5. The van der Waals surface area contributed by atoms with Crippen LogP contribution in [0.1, 0.15) is 84.3 Å². The summed E-state index contributed by atoms with van der Waals surface area (Å²) in [6.45, 7) is 7.76. The van der Waals surface area contributed by atoms with Crippen molar-refractivity contribution in [1.29, 1.82) is 0 Å². The Morgan fingerprint density at radius 2 is 0.971 bits per heavy atom. The number of nitrogens with one attached hydrogen (secondary N) is 7. The molecule has 8 atom stereocenters. The van der Waals surface area contributed by atoms with Gasteiger partial charge in [-0.1, -0.05) is 70.2 Å². The van der Waals surface area contributed by atoms with Gasteiger partial charge in [0.2, 0.25) is 41.4 Å². The number of carbonyl (C=O) groups is 11. The number of hydrogen-bond donors (Lipinski definition) is 12. The van der Waals surface area contributed by atoms with Gasteiger partial charge >= 0.3 is 23.9 Å². The summed E-state index contributed by atoms with van der Waals surface area (Å²) in [5, 5.41) is 54.4. The summed E-state index contributed by atoms with van der Waals surface area (Å²) >= 11 is 0. The summed E-state index contributed by atoms with van der Waals surface area (Å²) in [5.74, 6) is -14.1. The quantitative estimate of drug-likeness (QED) is 0.0462. The summed E-state index contributed by atoms with van der Waals surface area (Å²) in [6.07, 6.45) is -3.41. The largest absolute Gasteiger partial charge is 0.481 e. The normalized spacial score (nSPS) is 14.5. The topological polar surface area (TPSA) is 379 Å². The van der Waals surface area contributed by atoms with Gasteiger partial charge in [-0.15, -0.1) is 0 Å². The molecule has 384 valence electrons. The second-order valence-corrected chi connectivity index (χ2v) is 17.3. The van der Waals surface area contributed by atoms with Crippen molar-refractivity contribution < 1.29 is 77.6 Å². The minimum atomic E-state index is -1.93. The fourth-order valence-electron chi connectivity index (χ4n) is 6.70. The molecular weight excluding hydrogens is 924 g/mol. The van der Waals surface area contributed by atoms with Crippen molar-refractivity contribution in [1.82, 2.24) is 37.2 Å². The highest BCUT2D eigenvalue weighted by Crippen LogP contribution is 2.13. The first-order valence-corrected chi connectivity index (χ1v) is 22.3. The first-order valence-electron chi connectivity index (χ1n) is 22.3. The van der Waals surface area contributed by atoms with Gasteiger partial charge in [-0.05, 0) is 61.3 Å². The lowest BCUT2D eigenvalue weighted by molar-refractivity contribution is -0.143.